The van der Waals surface area contributed by atoms with Crippen molar-refractivity contribution in [2.75, 3.05) is 26.8 Å². The third kappa shape index (κ3) is 3.18. The lowest BCUT2D eigenvalue weighted by Gasteiger charge is -2.32. The molecule has 1 aliphatic heterocycles. The van der Waals surface area contributed by atoms with E-state index in [1.165, 1.54) is 5.56 Å². The van der Waals surface area contributed by atoms with E-state index in [4.69, 9.17) is 14.3 Å². The van der Waals surface area contributed by atoms with Gasteiger partial charge in [0.05, 0.1) is 31.1 Å². The molecule has 1 saturated heterocycles. The molecule has 3 heterocycles. The third-order valence-corrected chi connectivity index (χ3v) is 5.06. The number of nitrogens with zero attached hydrogens (tertiary/aromatic N) is 4. The molecular weight excluding hydrogens is 328 g/mol. The maximum Gasteiger partial charge on any atom is 0.216 e. The number of ether oxygens (including phenoxy) is 1. The van der Waals surface area contributed by atoms with E-state index in [9.17, 15) is 0 Å². The summed E-state index contributed by atoms with van der Waals surface area (Å²) in [5.41, 5.74) is 4.47. The number of morpholine rings is 1. The van der Waals surface area contributed by atoms with Gasteiger partial charge in [-0.3, -0.25) is 9.58 Å². The molecule has 0 radical (unpaired) electrons. The molecule has 0 saturated carbocycles. The van der Waals surface area contributed by atoms with Crippen LogP contribution in [-0.4, -0.2) is 46.5 Å². The SMILES string of the molecule is Cc1nn(Cc2ncc(-c3ccccc3)o2)c(C)c1C1COCCN1C. The van der Waals surface area contributed by atoms with Crippen LogP contribution in [0.25, 0.3) is 11.3 Å². The number of benzene rings is 1. The van der Waals surface area contributed by atoms with Gasteiger partial charge in [-0.25, -0.2) is 4.98 Å². The molecule has 6 nitrogen and oxygen atoms in total. The molecule has 1 atom stereocenters. The van der Waals surface area contributed by atoms with Crippen molar-refractivity contribution in [1.29, 1.82) is 0 Å². The average molecular weight is 352 g/mol. The summed E-state index contributed by atoms with van der Waals surface area (Å²) in [5.74, 6) is 1.44. The molecule has 0 spiro atoms. The minimum atomic E-state index is 0.252. The molecule has 136 valence electrons. The van der Waals surface area contributed by atoms with E-state index in [1.54, 1.807) is 6.20 Å². The molecule has 0 bridgehead atoms. The number of oxazole rings is 1. The predicted molar refractivity (Wildman–Crippen MR) is 98.9 cm³/mol. The zero-order valence-electron chi connectivity index (χ0n) is 15.5. The molecular formula is C20H24N4O2. The first kappa shape index (κ1) is 17.0. The van der Waals surface area contributed by atoms with Crippen molar-refractivity contribution in [1.82, 2.24) is 19.7 Å². The molecule has 0 aliphatic carbocycles. The smallest absolute Gasteiger partial charge is 0.216 e. The Balaban J connectivity index is 1.58. The van der Waals surface area contributed by atoms with Crippen molar-refractivity contribution < 1.29 is 9.15 Å². The van der Waals surface area contributed by atoms with Gasteiger partial charge in [-0.05, 0) is 20.9 Å². The maximum atomic E-state index is 5.94. The molecule has 1 aliphatic rings. The Kier molecular flexibility index (Phi) is 4.61. The van der Waals surface area contributed by atoms with E-state index in [-0.39, 0.29) is 6.04 Å². The Bertz CT molecular complexity index is 885. The molecule has 1 aromatic carbocycles. The second kappa shape index (κ2) is 7.05. The van der Waals surface area contributed by atoms with E-state index in [1.807, 2.05) is 35.0 Å². The van der Waals surface area contributed by atoms with Crippen LogP contribution in [0.15, 0.2) is 40.9 Å². The first-order valence-electron chi connectivity index (χ1n) is 8.95. The van der Waals surface area contributed by atoms with Crippen LogP contribution in [0.3, 0.4) is 0 Å². The van der Waals surface area contributed by atoms with Crippen molar-refractivity contribution >= 4 is 0 Å². The van der Waals surface area contributed by atoms with Gasteiger partial charge in [-0.15, -0.1) is 0 Å². The molecule has 0 amide bonds. The quantitative estimate of drug-likeness (QED) is 0.722. The Labute approximate surface area is 153 Å². The fourth-order valence-corrected chi connectivity index (χ4v) is 3.58. The van der Waals surface area contributed by atoms with Crippen LogP contribution in [0.1, 0.15) is 28.9 Å². The molecule has 26 heavy (non-hydrogen) atoms. The number of aromatic nitrogens is 3. The highest BCUT2D eigenvalue weighted by Crippen LogP contribution is 2.29. The highest BCUT2D eigenvalue weighted by molar-refractivity contribution is 5.55. The monoisotopic (exact) mass is 352 g/mol. The van der Waals surface area contributed by atoms with Crippen LogP contribution in [0, 0.1) is 13.8 Å². The molecule has 1 unspecified atom stereocenters. The van der Waals surface area contributed by atoms with E-state index >= 15 is 0 Å². The number of rotatable bonds is 4. The van der Waals surface area contributed by atoms with Gasteiger partial charge >= 0.3 is 0 Å². The van der Waals surface area contributed by atoms with Crippen molar-refractivity contribution in [3.05, 3.63) is 59.4 Å². The summed E-state index contributed by atoms with van der Waals surface area (Å²) < 4.78 is 13.6. The van der Waals surface area contributed by atoms with Crippen LogP contribution in [0.2, 0.25) is 0 Å². The highest BCUT2D eigenvalue weighted by Gasteiger charge is 2.27. The van der Waals surface area contributed by atoms with E-state index in [0.717, 1.165) is 35.9 Å². The van der Waals surface area contributed by atoms with Crippen molar-refractivity contribution in [2.24, 2.45) is 0 Å². The summed E-state index contributed by atoms with van der Waals surface area (Å²) in [6.07, 6.45) is 1.78. The van der Waals surface area contributed by atoms with Crippen molar-refractivity contribution in [3.63, 3.8) is 0 Å². The number of hydrogen-bond donors (Lipinski definition) is 0. The largest absolute Gasteiger partial charge is 0.439 e. The lowest BCUT2D eigenvalue weighted by Crippen LogP contribution is -2.37. The number of aryl methyl sites for hydroxylation is 1. The summed E-state index contributed by atoms with van der Waals surface area (Å²) in [4.78, 5) is 6.77. The number of hydrogen-bond acceptors (Lipinski definition) is 5. The van der Waals surface area contributed by atoms with Crippen LogP contribution in [0.4, 0.5) is 0 Å². The van der Waals surface area contributed by atoms with Crippen molar-refractivity contribution in [2.45, 2.75) is 26.4 Å². The zero-order valence-corrected chi connectivity index (χ0v) is 15.5. The fourth-order valence-electron chi connectivity index (χ4n) is 3.58. The van der Waals surface area contributed by atoms with Crippen LogP contribution in [0.5, 0.6) is 0 Å². The zero-order chi connectivity index (χ0) is 18.1. The summed E-state index contributed by atoms with van der Waals surface area (Å²) >= 11 is 0. The topological polar surface area (TPSA) is 56.3 Å². The van der Waals surface area contributed by atoms with Gasteiger partial charge in [0.25, 0.3) is 0 Å². The number of likely N-dealkylation sites (N-methyl/N-ethyl adjacent to an activating group) is 1. The van der Waals surface area contributed by atoms with Crippen molar-refractivity contribution in [3.8, 4) is 11.3 Å². The van der Waals surface area contributed by atoms with Crippen LogP contribution < -0.4 is 0 Å². The molecule has 2 aromatic heterocycles. The Morgan fingerprint density at radius 2 is 2.00 bits per heavy atom. The van der Waals surface area contributed by atoms with Gasteiger partial charge in [0.2, 0.25) is 5.89 Å². The highest BCUT2D eigenvalue weighted by atomic mass is 16.5. The second-order valence-electron chi connectivity index (χ2n) is 6.80. The molecule has 1 fully saturated rings. The standard InChI is InChI=1S/C20H24N4O2/c1-14-20(17-13-25-10-9-23(17)3)15(2)24(22-14)12-19-21-11-18(26-19)16-7-5-4-6-8-16/h4-8,11,17H,9-10,12-13H2,1-3H3. The van der Waals surface area contributed by atoms with Gasteiger partial charge in [-0.2, -0.15) is 5.10 Å². The van der Waals surface area contributed by atoms with E-state index < -0.39 is 0 Å². The lowest BCUT2D eigenvalue weighted by molar-refractivity contribution is 0.00457. The third-order valence-electron chi connectivity index (χ3n) is 5.06. The molecule has 6 heteroatoms. The summed E-state index contributed by atoms with van der Waals surface area (Å²) in [6.45, 7) is 7.13. The summed E-state index contributed by atoms with van der Waals surface area (Å²) in [7, 11) is 2.14. The lowest BCUT2D eigenvalue weighted by atomic mass is 10.0. The summed E-state index contributed by atoms with van der Waals surface area (Å²) in [5, 5.41) is 4.73. The minimum Gasteiger partial charge on any atom is -0.439 e. The van der Waals surface area contributed by atoms with E-state index in [2.05, 4.69) is 30.8 Å². The first-order chi connectivity index (χ1) is 12.6. The fraction of sp³-hybridized carbons (Fsp3) is 0.400. The van der Waals surface area contributed by atoms with Crippen LogP contribution in [-0.2, 0) is 11.3 Å². The maximum absolute atomic E-state index is 5.94. The van der Waals surface area contributed by atoms with Gasteiger partial charge < -0.3 is 9.15 Å². The van der Waals surface area contributed by atoms with Gasteiger partial charge in [0, 0.05) is 23.4 Å². The normalized spacial score (nSPS) is 18.3. The molecule has 0 N–H and O–H groups in total. The first-order valence-corrected chi connectivity index (χ1v) is 8.95. The van der Waals surface area contributed by atoms with Gasteiger partial charge in [0.1, 0.15) is 6.54 Å². The Morgan fingerprint density at radius 1 is 1.19 bits per heavy atom. The minimum absolute atomic E-state index is 0.252. The predicted octanol–water partition coefficient (Wildman–Crippen LogP) is 3.21. The average Bonchev–Trinajstić information content (AvgIpc) is 3.22. The summed E-state index contributed by atoms with van der Waals surface area (Å²) in [6, 6.07) is 10.3. The Morgan fingerprint density at radius 3 is 2.77 bits per heavy atom. The second-order valence-corrected chi connectivity index (χ2v) is 6.80. The van der Waals surface area contributed by atoms with Gasteiger partial charge in [-0.1, -0.05) is 30.3 Å². The van der Waals surface area contributed by atoms with Crippen LogP contribution >= 0.6 is 0 Å². The van der Waals surface area contributed by atoms with E-state index in [0.29, 0.717) is 19.0 Å². The van der Waals surface area contributed by atoms with Gasteiger partial charge in [0.15, 0.2) is 5.76 Å². The molecule has 3 aromatic rings. The molecule has 4 rings (SSSR count). The Hall–Kier alpha value is -2.44.